The minimum absolute atomic E-state index is 0.0631. The molecule has 0 atom stereocenters. The molecule has 0 spiro atoms. The highest BCUT2D eigenvalue weighted by Crippen LogP contribution is 2.37. The summed E-state index contributed by atoms with van der Waals surface area (Å²) in [6.45, 7) is 0. The quantitative estimate of drug-likeness (QED) is 0.263. The monoisotopic (exact) mass is 411 g/mol. The lowest BCUT2D eigenvalue weighted by atomic mass is 10.1. The van der Waals surface area contributed by atoms with Crippen molar-refractivity contribution < 1.29 is 18.9 Å². The number of halogens is 2. The molecule has 1 aromatic carbocycles. The van der Waals surface area contributed by atoms with Gasteiger partial charge in [-0.15, -0.1) is 0 Å². The fraction of sp³-hybridized carbons (Fsp3) is 0. The molecular weight excluding hydrogens is 405 g/mol. The van der Waals surface area contributed by atoms with Gasteiger partial charge in [0.05, 0.1) is 9.95 Å². The van der Waals surface area contributed by atoms with Crippen LogP contribution in [0.15, 0.2) is 34.3 Å². The Bertz CT molecular complexity index is 993. The number of thiocarbonyl (C=S) groups is 1. The van der Waals surface area contributed by atoms with E-state index in [9.17, 15) is 19.7 Å². The number of rotatable bonds is 3. The summed E-state index contributed by atoms with van der Waals surface area (Å²) in [7, 11) is 0. The third kappa shape index (κ3) is 3.45. The van der Waals surface area contributed by atoms with Gasteiger partial charge in [0.2, 0.25) is 0 Å². The van der Waals surface area contributed by atoms with E-state index in [2.05, 4.69) is 10.6 Å². The third-order valence-electron chi connectivity index (χ3n) is 3.36. The lowest BCUT2D eigenvalue weighted by molar-refractivity contribution is -0.384. The fourth-order valence-electron chi connectivity index (χ4n) is 2.19. The summed E-state index contributed by atoms with van der Waals surface area (Å²) in [6.07, 6.45) is 1.23. The van der Waals surface area contributed by atoms with Gasteiger partial charge in [-0.1, -0.05) is 23.2 Å². The van der Waals surface area contributed by atoms with Crippen molar-refractivity contribution in [2.45, 2.75) is 0 Å². The van der Waals surface area contributed by atoms with Crippen molar-refractivity contribution in [3.05, 3.63) is 55.8 Å². The van der Waals surface area contributed by atoms with Crippen LogP contribution in [-0.4, -0.2) is 21.9 Å². The number of nitro benzene ring substituents is 1. The number of furan rings is 1. The van der Waals surface area contributed by atoms with Gasteiger partial charge in [-0.3, -0.25) is 30.3 Å². The van der Waals surface area contributed by atoms with Crippen molar-refractivity contribution in [3.8, 4) is 11.3 Å². The fourth-order valence-corrected chi connectivity index (χ4v) is 2.86. The molecule has 2 N–H and O–H groups in total. The van der Waals surface area contributed by atoms with Gasteiger partial charge in [0, 0.05) is 11.6 Å². The van der Waals surface area contributed by atoms with Crippen LogP contribution in [0.5, 0.6) is 0 Å². The highest BCUT2D eigenvalue weighted by atomic mass is 35.5. The van der Waals surface area contributed by atoms with Crippen molar-refractivity contribution in [2.75, 3.05) is 0 Å². The Labute approximate surface area is 160 Å². The molecule has 1 fully saturated rings. The molecule has 0 saturated carbocycles. The molecule has 2 amide bonds. The number of nitro groups is 1. The van der Waals surface area contributed by atoms with Crippen LogP contribution in [0.25, 0.3) is 17.4 Å². The van der Waals surface area contributed by atoms with Crippen LogP contribution < -0.4 is 10.6 Å². The van der Waals surface area contributed by atoms with Crippen LogP contribution in [0.1, 0.15) is 5.76 Å². The van der Waals surface area contributed by atoms with E-state index in [4.69, 9.17) is 39.8 Å². The number of nitrogens with one attached hydrogen (secondary N) is 2. The average Bonchev–Trinajstić information content (AvgIpc) is 3.01. The largest absolute Gasteiger partial charge is 0.457 e. The molecule has 0 aliphatic carbocycles. The van der Waals surface area contributed by atoms with E-state index < -0.39 is 16.7 Å². The normalized spacial score (nSPS) is 14.1. The molecule has 1 saturated heterocycles. The molecule has 2 aromatic rings. The minimum atomic E-state index is -0.659. The number of carbonyl (C=O) groups excluding carboxylic acids is 2. The zero-order valence-electron chi connectivity index (χ0n) is 12.5. The Morgan fingerprint density at radius 2 is 1.77 bits per heavy atom. The van der Waals surface area contributed by atoms with E-state index in [1.54, 1.807) is 0 Å². The van der Waals surface area contributed by atoms with E-state index >= 15 is 0 Å². The maximum Gasteiger partial charge on any atom is 0.289 e. The molecule has 3 rings (SSSR count). The molecule has 132 valence electrons. The third-order valence-corrected chi connectivity index (χ3v) is 4.17. The Kier molecular flexibility index (Phi) is 4.77. The Morgan fingerprint density at radius 3 is 2.38 bits per heavy atom. The number of hydrogen-bond acceptors (Lipinski definition) is 6. The lowest BCUT2D eigenvalue weighted by Gasteiger charge is -2.15. The van der Waals surface area contributed by atoms with Crippen molar-refractivity contribution in [1.29, 1.82) is 0 Å². The van der Waals surface area contributed by atoms with Crippen molar-refractivity contribution in [1.82, 2.24) is 10.6 Å². The van der Waals surface area contributed by atoms with Crippen molar-refractivity contribution in [2.24, 2.45) is 0 Å². The maximum absolute atomic E-state index is 11.8. The van der Waals surface area contributed by atoms with Gasteiger partial charge in [0.15, 0.2) is 5.11 Å². The summed E-state index contributed by atoms with van der Waals surface area (Å²) in [6, 6.07) is 5.44. The highest BCUT2D eigenvalue weighted by Gasteiger charge is 2.26. The van der Waals surface area contributed by atoms with Crippen LogP contribution in [0.4, 0.5) is 5.69 Å². The summed E-state index contributed by atoms with van der Waals surface area (Å²) in [5, 5.41) is 15.4. The number of nitrogens with zero attached hydrogens (tertiary/aromatic N) is 1. The molecule has 1 aliphatic heterocycles. The first-order valence-corrected chi connectivity index (χ1v) is 8.04. The second-order valence-corrected chi connectivity index (χ2v) is 6.26. The molecule has 8 nitrogen and oxygen atoms in total. The van der Waals surface area contributed by atoms with Crippen LogP contribution >= 0.6 is 35.4 Å². The minimum Gasteiger partial charge on any atom is -0.457 e. The standard InChI is InChI=1S/C15H7Cl2N3O5S/c16-9-5-11(20(23)24)10(17)4-7(9)12-2-1-6(25-12)3-8-13(21)18-15(26)19-14(8)22/h1-5H,(H2,18,19,21,22,26). The number of carbonyl (C=O) groups is 2. The first-order valence-electron chi connectivity index (χ1n) is 6.88. The second-order valence-electron chi connectivity index (χ2n) is 5.04. The molecular formula is C15H7Cl2N3O5S. The highest BCUT2D eigenvalue weighted by molar-refractivity contribution is 7.80. The smallest absolute Gasteiger partial charge is 0.289 e. The Hall–Kier alpha value is -2.75. The molecule has 0 unspecified atom stereocenters. The molecule has 0 bridgehead atoms. The van der Waals surface area contributed by atoms with Gasteiger partial charge in [-0.2, -0.15) is 0 Å². The van der Waals surface area contributed by atoms with E-state index in [0.29, 0.717) is 5.56 Å². The average molecular weight is 412 g/mol. The number of amides is 2. The first kappa shape index (κ1) is 18.1. The molecule has 11 heteroatoms. The van der Waals surface area contributed by atoms with E-state index in [1.165, 1.54) is 24.3 Å². The summed E-state index contributed by atoms with van der Waals surface area (Å²) < 4.78 is 5.55. The van der Waals surface area contributed by atoms with E-state index in [0.717, 1.165) is 6.07 Å². The number of benzene rings is 1. The van der Waals surface area contributed by atoms with Gasteiger partial charge in [-0.05, 0) is 36.5 Å². The predicted octanol–water partition coefficient (Wildman–Crippen LogP) is 3.08. The van der Waals surface area contributed by atoms with E-state index in [1.807, 2.05) is 0 Å². The van der Waals surface area contributed by atoms with Gasteiger partial charge in [0.1, 0.15) is 22.1 Å². The first-order chi connectivity index (χ1) is 12.3. The summed E-state index contributed by atoms with van der Waals surface area (Å²) >= 11 is 16.7. The molecule has 1 aliphatic rings. The Morgan fingerprint density at radius 1 is 1.12 bits per heavy atom. The lowest BCUT2D eigenvalue weighted by Crippen LogP contribution is -2.51. The van der Waals surface area contributed by atoms with Crippen LogP contribution in [0, 0.1) is 10.1 Å². The summed E-state index contributed by atoms with van der Waals surface area (Å²) in [5.74, 6) is -0.870. The molecule has 0 radical (unpaired) electrons. The maximum atomic E-state index is 11.8. The zero-order chi connectivity index (χ0) is 19.0. The second kappa shape index (κ2) is 6.87. The SMILES string of the molecule is O=C1NC(=S)NC(=O)C1=Cc1ccc(-c2cc(Cl)c([N+](=O)[O-])cc2Cl)o1. The van der Waals surface area contributed by atoms with Crippen molar-refractivity contribution in [3.63, 3.8) is 0 Å². The molecule has 1 aromatic heterocycles. The molecule has 2 heterocycles. The number of hydrogen-bond donors (Lipinski definition) is 2. The molecule has 26 heavy (non-hydrogen) atoms. The summed E-state index contributed by atoms with van der Waals surface area (Å²) in [4.78, 5) is 33.9. The van der Waals surface area contributed by atoms with E-state index in [-0.39, 0.29) is 37.9 Å². The van der Waals surface area contributed by atoms with Gasteiger partial charge in [0.25, 0.3) is 17.5 Å². The van der Waals surface area contributed by atoms with Crippen molar-refractivity contribution >= 4 is 64.1 Å². The van der Waals surface area contributed by atoms with Crippen LogP contribution in [0.2, 0.25) is 10.0 Å². The predicted molar refractivity (Wildman–Crippen MR) is 97.7 cm³/mol. The zero-order valence-corrected chi connectivity index (χ0v) is 14.9. The van der Waals surface area contributed by atoms with Gasteiger partial charge >= 0.3 is 0 Å². The van der Waals surface area contributed by atoms with Crippen LogP contribution in [-0.2, 0) is 9.59 Å². The summed E-state index contributed by atoms with van der Waals surface area (Å²) in [5.41, 5.74) is -0.196. The van der Waals surface area contributed by atoms with Gasteiger partial charge in [-0.25, -0.2) is 0 Å². The topological polar surface area (TPSA) is 114 Å². The Balaban J connectivity index is 1.96. The van der Waals surface area contributed by atoms with Gasteiger partial charge < -0.3 is 4.42 Å². The van der Waals surface area contributed by atoms with Crippen LogP contribution in [0.3, 0.4) is 0 Å².